The SMILES string of the molecule is COc1ccc(C(=O)O)c(NS(=O)(=O)N2CCOCC2)c1. The number of benzene rings is 1. The van der Waals surface area contributed by atoms with E-state index in [-0.39, 0.29) is 24.3 Å². The number of rotatable bonds is 5. The summed E-state index contributed by atoms with van der Waals surface area (Å²) < 4.78 is 38.1. The normalized spacial score (nSPS) is 16.4. The lowest BCUT2D eigenvalue weighted by molar-refractivity contribution is 0.0697. The zero-order valence-electron chi connectivity index (χ0n) is 11.4. The number of nitrogens with zero attached hydrogens (tertiary/aromatic N) is 1. The standard InChI is InChI=1S/C12H16N2O6S/c1-19-9-2-3-10(12(15)16)11(8-9)13-21(17,18)14-4-6-20-7-5-14/h2-3,8,13H,4-7H2,1H3,(H,15,16). The summed E-state index contributed by atoms with van der Waals surface area (Å²) >= 11 is 0. The van der Waals surface area contributed by atoms with Crippen molar-refractivity contribution in [2.75, 3.05) is 38.1 Å². The van der Waals surface area contributed by atoms with Crippen molar-refractivity contribution in [1.82, 2.24) is 4.31 Å². The van der Waals surface area contributed by atoms with E-state index >= 15 is 0 Å². The largest absolute Gasteiger partial charge is 0.497 e. The molecule has 8 nitrogen and oxygen atoms in total. The second-order valence-electron chi connectivity index (χ2n) is 4.34. The molecule has 0 amide bonds. The maximum Gasteiger partial charge on any atom is 0.337 e. The number of hydrogen-bond acceptors (Lipinski definition) is 5. The maximum atomic E-state index is 12.3. The van der Waals surface area contributed by atoms with Crippen LogP contribution < -0.4 is 9.46 Å². The molecule has 1 aromatic rings. The summed E-state index contributed by atoms with van der Waals surface area (Å²) in [5, 5.41) is 9.13. The number of aromatic carboxylic acids is 1. The third kappa shape index (κ3) is 3.63. The maximum absolute atomic E-state index is 12.3. The zero-order chi connectivity index (χ0) is 15.5. The Morgan fingerprint density at radius 2 is 2.05 bits per heavy atom. The van der Waals surface area contributed by atoms with Crippen LogP contribution in [0.2, 0.25) is 0 Å². The molecule has 0 atom stereocenters. The smallest absolute Gasteiger partial charge is 0.337 e. The van der Waals surface area contributed by atoms with Crippen molar-refractivity contribution < 1.29 is 27.8 Å². The molecular formula is C12H16N2O6S. The topological polar surface area (TPSA) is 105 Å². The lowest BCUT2D eigenvalue weighted by Crippen LogP contribution is -2.43. The van der Waals surface area contributed by atoms with Gasteiger partial charge in [0.15, 0.2) is 0 Å². The van der Waals surface area contributed by atoms with E-state index in [1.165, 1.54) is 29.6 Å². The number of nitrogens with one attached hydrogen (secondary N) is 1. The Morgan fingerprint density at radius 1 is 1.38 bits per heavy atom. The number of carboxylic acids is 1. The highest BCUT2D eigenvalue weighted by atomic mass is 32.2. The van der Waals surface area contributed by atoms with Crippen molar-refractivity contribution in [3.63, 3.8) is 0 Å². The third-order valence-electron chi connectivity index (χ3n) is 3.01. The minimum Gasteiger partial charge on any atom is -0.497 e. The monoisotopic (exact) mass is 316 g/mol. The van der Waals surface area contributed by atoms with E-state index in [0.717, 1.165) is 0 Å². The number of carbonyl (C=O) groups is 1. The second kappa shape index (κ2) is 6.29. The van der Waals surface area contributed by atoms with Crippen LogP contribution in [0.5, 0.6) is 5.75 Å². The van der Waals surface area contributed by atoms with Crippen molar-refractivity contribution in [2.45, 2.75) is 0 Å². The van der Waals surface area contributed by atoms with Gasteiger partial charge in [-0.3, -0.25) is 4.72 Å². The van der Waals surface area contributed by atoms with Gasteiger partial charge >= 0.3 is 16.2 Å². The van der Waals surface area contributed by atoms with E-state index in [1.807, 2.05) is 0 Å². The minimum absolute atomic E-state index is 0.0339. The predicted octanol–water partition coefficient (Wildman–Crippen LogP) is 0.382. The molecule has 1 fully saturated rings. The van der Waals surface area contributed by atoms with Crippen LogP contribution in [-0.2, 0) is 14.9 Å². The van der Waals surface area contributed by atoms with Crippen LogP contribution in [0.25, 0.3) is 0 Å². The van der Waals surface area contributed by atoms with Crippen molar-refractivity contribution >= 4 is 21.9 Å². The molecule has 0 saturated carbocycles. The average molecular weight is 316 g/mol. The predicted molar refractivity (Wildman–Crippen MR) is 74.9 cm³/mol. The molecule has 1 aromatic carbocycles. The quantitative estimate of drug-likeness (QED) is 0.814. The van der Waals surface area contributed by atoms with Gasteiger partial charge in [0, 0.05) is 19.2 Å². The van der Waals surface area contributed by atoms with Crippen LogP contribution in [0.4, 0.5) is 5.69 Å². The molecule has 1 aliphatic heterocycles. The van der Waals surface area contributed by atoms with Crippen molar-refractivity contribution in [3.8, 4) is 5.75 Å². The van der Waals surface area contributed by atoms with Gasteiger partial charge in [0.1, 0.15) is 5.75 Å². The molecule has 9 heteroatoms. The van der Waals surface area contributed by atoms with Gasteiger partial charge in [-0.25, -0.2) is 4.79 Å². The first-order valence-corrected chi connectivity index (χ1v) is 7.65. The van der Waals surface area contributed by atoms with Crippen LogP contribution in [0.3, 0.4) is 0 Å². The van der Waals surface area contributed by atoms with Crippen LogP contribution in [0.15, 0.2) is 18.2 Å². The van der Waals surface area contributed by atoms with Gasteiger partial charge in [-0.05, 0) is 12.1 Å². The fourth-order valence-corrected chi connectivity index (χ4v) is 3.12. The van der Waals surface area contributed by atoms with E-state index < -0.39 is 16.2 Å². The molecular weight excluding hydrogens is 300 g/mol. The minimum atomic E-state index is -3.83. The fraction of sp³-hybridized carbons (Fsp3) is 0.417. The van der Waals surface area contributed by atoms with E-state index in [2.05, 4.69) is 4.72 Å². The molecule has 1 heterocycles. The Hall–Kier alpha value is -1.84. The van der Waals surface area contributed by atoms with E-state index in [0.29, 0.717) is 19.0 Å². The highest BCUT2D eigenvalue weighted by Gasteiger charge is 2.26. The van der Waals surface area contributed by atoms with Gasteiger partial charge < -0.3 is 14.6 Å². The van der Waals surface area contributed by atoms with Gasteiger partial charge in [0.25, 0.3) is 0 Å². The van der Waals surface area contributed by atoms with E-state index in [9.17, 15) is 13.2 Å². The summed E-state index contributed by atoms with van der Waals surface area (Å²) in [7, 11) is -2.42. The molecule has 21 heavy (non-hydrogen) atoms. The Kier molecular flexibility index (Phi) is 4.66. The molecule has 0 aliphatic carbocycles. The van der Waals surface area contributed by atoms with Gasteiger partial charge in [-0.2, -0.15) is 12.7 Å². The van der Waals surface area contributed by atoms with E-state index in [1.54, 1.807) is 0 Å². The molecule has 0 aromatic heterocycles. The lowest BCUT2D eigenvalue weighted by Gasteiger charge is -2.26. The molecule has 1 saturated heterocycles. The van der Waals surface area contributed by atoms with Gasteiger partial charge in [0.2, 0.25) is 0 Å². The Morgan fingerprint density at radius 3 is 2.62 bits per heavy atom. The summed E-state index contributed by atoms with van der Waals surface area (Å²) in [6.07, 6.45) is 0. The summed E-state index contributed by atoms with van der Waals surface area (Å²) in [6.45, 7) is 1.07. The number of methoxy groups -OCH3 is 1. The number of ether oxygens (including phenoxy) is 2. The Bertz CT molecular complexity index is 625. The molecule has 116 valence electrons. The molecule has 2 N–H and O–H groups in total. The van der Waals surface area contributed by atoms with Crippen molar-refractivity contribution in [1.29, 1.82) is 0 Å². The lowest BCUT2D eigenvalue weighted by atomic mass is 10.2. The molecule has 1 aliphatic rings. The second-order valence-corrected chi connectivity index (χ2v) is 6.01. The summed E-state index contributed by atoms with van der Waals surface area (Å²) in [5.41, 5.74) is -0.180. The molecule has 2 rings (SSSR count). The molecule has 0 unspecified atom stereocenters. The number of anilines is 1. The summed E-state index contributed by atoms with van der Waals surface area (Å²) in [4.78, 5) is 11.2. The first kappa shape index (κ1) is 15.5. The number of hydrogen-bond donors (Lipinski definition) is 2. The summed E-state index contributed by atoms with van der Waals surface area (Å²) in [6, 6.07) is 4.08. The van der Waals surface area contributed by atoms with Gasteiger partial charge in [-0.15, -0.1) is 0 Å². The highest BCUT2D eigenvalue weighted by molar-refractivity contribution is 7.90. The summed E-state index contributed by atoms with van der Waals surface area (Å²) in [5.74, 6) is -0.864. The van der Waals surface area contributed by atoms with Crippen LogP contribution in [0, 0.1) is 0 Å². The number of carboxylic acid groups (broad SMARTS) is 1. The van der Waals surface area contributed by atoms with Gasteiger partial charge in [-0.1, -0.05) is 0 Å². The van der Waals surface area contributed by atoms with Crippen molar-refractivity contribution in [2.24, 2.45) is 0 Å². The van der Waals surface area contributed by atoms with Crippen LogP contribution in [0.1, 0.15) is 10.4 Å². The first-order valence-electron chi connectivity index (χ1n) is 6.21. The average Bonchev–Trinajstić information content (AvgIpc) is 2.47. The van der Waals surface area contributed by atoms with Crippen LogP contribution >= 0.6 is 0 Å². The van der Waals surface area contributed by atoms with Crippen molar-refractivity contribution in [3.05, 3.63) is 23.8 Å². The molecule has 0 radical (unpaired) electrons. The van der Waals surface area contributed by atoms with Gasteiger partial charge in [0.05, 0.1) is 31.6 Å². The number of morpholine rings is 1. The first-order chi connectivity index (χ1) is 9.94. The Labute approximate surface area is 122 Å². The molecule has 0 bridgehead atoms. The highest BCUT2D eigenvalue weighted by Crippen LogP contribution is 2.24. The van der Waals surface area contributed by atoms with E-state index in [4.69, 9.17) is 14.6 Å². The third-order valence-corrected chi connectivity index (χ3v) is 4.53. The zero-order valence-corrected chi connectivity index (χ0v) is 12.2. The van der Waals surface area contributed by atoms with Crippen LogP contribution in [-0.4, -0.2) is 57.2 Å². The fourth-order valence-electron chi connectivity index (χ4n) is 1.91. The molecule has 0 spiro atoms. The Balaban J connectivity index is 2.30.